The van der Waals surface area contributed by atoms with Gasteiger partial charge in [-0.1, -0.05) is 12.1 Å². The summed E-state index contributed by atoms with van der Waals surface area (Å²) in [4.78, 5) is 22.9. The SMILES string of the molecule is Nc1ccc(OC(=O)c2ccccc2C(=O)O)cc1. The van der Waals surface area contributed by atoms with E-state index in [1.807, 2.05) is 0 Å². The van der Waals surface area contributed by atoms with Gasteiger partial charge >= 0.3 is 11.9 Å². The number of anilines is 1. The van der Waals surface area contributed by atoms with Gasteiger partial charge in [-0.15, -0.1) is 0 Å². The summed E-state index contributed by atoms with van der Waals surface area (Å²) < 4.78 is 5.09. The standard InChI is InChI=1S/C14H11NO4/c15-9-5-7-10(8-6-9)19-14(18)12-4-2-1-3-11(12)13(16)17/h1-8H,15H2,(H,16,17). The van der Waals surface area contributed by atoms with Gasteiger partial charge in [0.2, 0.25) is 0 Å². The monoisotopic (exact) mass is 257 g/mol. The average Bonchev–Trinajstić information content (AvgIpc) is 2.41. The number of carbonyl (C=O) groups excluding carboxylic acids is 1. The molecule has 0 saturated heterocycles. The lowest BCUT2D eigenvalue weighted by molar-refractivity contribution is 0.0668. The van der Waals surface area contributed by atoms with E-state index in [9.17, 15) is 9.59 Å². The second-order valence-electron chi connectivity index (χ2n) is 3.81. The van der Waals surface area contributed by atoms with E-state index in [1.165, 1.54) is 24.3 Å². The fourth-order valence-electron chi connectivity index (χ4n) is 1.55. The molecule has 0 aromatic heterocycles. The van der Waals surface area contributed by atoms with Gasteiger partial charge in [0.25, 0.3) is 0 Å². The van der Waals surface area contributed by atoms with Crippen molar-refractivity contribution < 1.29 is 19.4 Å². The molecular weight excluding hydrogens is 246 g/mol. The first-order valence-corrected chi connectivity index (χ1v) is 5.48. The Kier molecular flexibility index (Phi) is 3.47. The van der Waals surface area contributed by atoms with Crippen LogP contribution in [0.1, 0.15) is 20.7 Å². The van der Waals surface area contributed by atoms with E-state index in [0.29, 0.717) is 11.4 Å². The van der Waals surface area contributed by atoms with Crippen LogP contribution in [0.5, 0.6) is 5.75 Å². The lowest BCUT2D eigenvalue weighted by Gasteiger charge is -2.06. The van der Waals surface area contributed by atoms with Crippen LogP contribution in [-0.2, 0) is 0 Å². The van der Waals surface area contributed by atoms with Gasteiger partial charge in [-0.2, -0.15) is 0 Å². The van der Waals surface area contributed by atoms with Crippen molar-refractivity contribution in [3.8, 4) is 5.75 Å². The summed E-state index contributed by atoms with van der Waals surface area (Å²) >= 11 is 0. The lowest BCUT2D eigenvalue weighted by atomic mass is 10.1. The van der Waals surface area contributed by atoms with Crippen molar-refractivity contribution in [2.24, 2.45) is 0 Å². The minimum Gasteiger partial charge on any atom is -0.478 e. The van der Waals surface area contributed by atoms with Crippen LogP contribution in [0.2, 0.25) is 0 Å². The minimum absolute atomic E-state index is 0.00632. The molecule has 0 aliphatic heterocycles. The Bertz CT molecular complexity index is 620. The molecule has 0 fully saturated rings. The van der Waals surface area contributed by atoms with Crippen molar-refractivity contribution >= 4 is 17.6 Å². The molecule has 0 unspecified atom stereocenters. The molecule has 0 saturated carbocycles. The Morgan fingerprint density at radius 3 is 2.11 bits per heavy atom. The van der Waals surface area contributed by atoms with Crippen molar-refractivity contribution in [3.63, 3.8) is 0 Å². The summed E-state index contributed by atoms with van der Waals surface area (Å²) in [6.45, 7) is 0. The van der Waals surface area contributed by atoms with Crippen LogP contribution in [-0.4, -0.2) is 17.0 Å². The van der Waals surface area contributed by atoms with Gasteiger partial charge in [0.05, 0.1) is 11.1 Å². The highest BCUT2D eigenvalue weighted by Gasteiger charge is 2.17. The van der Waals surface area contributed by atoms with Crippen LogP contribution in [0.3, 0.4) is 0 Å². The maximum atomic E-state index is 11.9. The highest BCUT2D eigenvalue weighted by Crippen LogP contribution is 2.16. The first-order valence-electron chi connectivity index (χ1n) is 5.48. The molecule has 0 aliphatic rings. The lowest BCUT2D eigenvalue weighted by Crippen LogP contribution is -2.13. The number of nitrogen functional groups attached to an aromatic ring is 1. The number of carbonyl (C=O) groups is 2. The topological polar surface area (TPSA) is 89.6 Å². The number of benzene rings is 2. The second-order valence-corrected chi connectivity index (χ2v) is 3.81. The fraction of sp³-hybridized carbons (Fsp3) is 0. The minimum atomic E-state index is -1.18. The largest absolute Gasteiger partial charge is 0.478 e. The molecule has 0 atom stereocenters. The number of hydrogen-bond donors (Lipinski definition) is 2. The second kappa shape index (κ2) is 5.22. The highest BCUT2D eigenvalue weighted by molar-refractivity contribution is 6.03. The normalized spacial score (nSPS) is 9.89. The van der Waals surface area contributed by atoms with E-state index < -0.39 is 11.9 Å². The number of ether oxygens (including phenoxy) is 1. The van der Waals surface area contributed by atoms with Gasteiger partial charge in [0.1, 0.15) is 5.75 Å². The zero-order valence-corrected chi connectivity index (χ0v) is 9.87. The quantitative estimate of drug-likeness (QED) is 0.499. The Labute approximate surface area is 109 Å². The number of aromatic carboxylic acids is 1. The van der Waals surface area contributed by atoms with Gasteiger partial charge in [0.15, 0.2) is 0 Å². The molecule has 3 N–H and O–H groups in total. The number of rotatable bonds is 3. The fourth-order valence-corrected chi connectivity index (χ4v) is 1.55. The predicted molar refractivity (Wildman–Crippen MR) is 69.2 cm³/mol. The number of carboxylic acid groups (broad SMARTS) is 1. The van der Waals surface area contributed by atoms with Crippen molar-refractivity contribution in [1.29, 1.82) is 0 Å². The number of hydrogen-bond acceptors (Lipinski definition) is 4. The van der Waals surface area contributed by atoms with Crippen LogP contribution in [0.25, 0.3) is 0 Å². The van der Waals surface area contributed by atoms with Crippen molar-refractivity contribution in [3.05, 3.63) is 59.7 Å². The number of esters is 1. The maximum absolute atomic E-state index is 11.9. The molecule has 5 heteroatoms. The highest BCUT2D eigenvalue weighted by atomic mass is 16.5. The Morgan fingerprint density at radius 2 is 1.53 bits per heavy atom. The zero-order valence-electron chi connectivity index (χ0n) is 9.87. The Hall–Kier alpha value is -2.82. The molecule has 2 rings (SSSR count). The van der Waals surface area contributed by atoms with Crippen molar-refractivity contribution in [2.45, 2.75) is 0 Å². The molecule has 96 valence electrons. The molecule has 0 aliphatic carbocycles. The van der Waals surface area contributed by atoms with Gasteiger partial charge < -0.3 is 15.6 Å². The first kappa shape index (κ1) is 12.6. The van der Waals surface area contributed by atoms with Crippen molar-refractivity contribution in [2.75, 3.05) is 5.73 Å². The average molecular weight is 257 g/mol. The van der Waals surface area contributed by atoms with Gasteiger partial charge in [-0.25, -0.2) is 9.59 Å². The molecule has 5 nitrogen and oxygen atoms in total. The van der Waals surface area contributed by atoms with E-state index in [-0.39, 0.29) is 11.1 Å². The summed E-state index contributed by atoms with van der Waals surface area (Å²) in [7, 11) is 0. The third-order valence-electron chi connectivity index (χ3n) is 2.47. The van der Waals surface area contributed by atoms with E-state index >= 15 is 0 Å². The van der Waals surface area contributed by atoms with Crippen molar-refractivity contribution in [1.82, 2.24) is 0 Å². The molecule has 19 heavy (non-hydrogen) atoms. The molecule has 0 bridgehead atoms. The van der Waals surface area contributed by atoms with Crippen LogP contribution in [0.15, 0.2) is 48.5 Å². The molecule has 0 amide bonds. The van der Waals surface area contributed by atoms with Crippen LogP contribution >= 0.6 is 0 Å². The zero-order chi connectivity index (χ0) is 13.8. The molecule has 2 aromatic rings. The smallest absolute Gasteiger partial charge is 0.344 e. The first-order chi connectivity index (χ1) is 9.08. The summed E-state index contributed by atoms with van der Waals surface area (Å²) in [6.07, 6.45) is 0. The van der Waals surface area contributed by atoms with Crippen LogP contribution in [0.4, 0.5) is 5.69 Å². The summed E-state index contributed by atoms with van der Waals surface area (Å²) in [5, 5.41) is 8.99. The summed E-state index contributed by atoms with van der Waals surface area (Å²) in [6, 6.07) is 12.1. The van der Waals surface area contributed by atoms with E-state index in [2.05, 4.69) is 0 Å². The van der Waals surface area contributed by atoms with E-state index in [4.69, 9.17) is 15.6 Å². The van der Waals surface area contributed by atoms with Gasteiger partial charge in [-0.05, 0) is 36.4 Å². The third-order valence-corrected chi connectivity index (χ3v) is 2.47. The number of nitrogens with two attached hydrogens (primary N) is 1. The van der Waals surface area contributed by atoms with Gasteiger partial charge in [0, 0.05) is 5.69 Å². The molecule has 0 spiro atoms. The molecule has 2 aromatic carbocycles. The number of carboxylic acids is 1. The Morgan fingerprint density at radius 1 is 0.947 bits per heavy atom. The van der Waals surface area contributed by atoms with Crippen LogP contribution in [0, 0.1) is 0 Å². The van der Waals surface area contributed by atoms with Crippen LogP contribution < -0.4 is 10.5 Å². The van der Waals surface area contributed by atoms with E-state index in [0.717, 1.165) is 0 Å². The van der Waals surface area contributed by atoms with E-state index in [1.54, 1.807) is 24.3 Å². The molecule has 0 heterocycles. The summed E-state index contributed by atoms with van der Waals surface area (Å²) in [5.41, 5.74) is 5.97. The third kappa shape index (κ3) is 2.90. The molecule has 0 radical (unpaired) electrons. The summed E-state index contributed by atoms with van der Waals surface area (Å²) in [5.74, 6) is -1.59. The predicted octanol–water partition coefficient (Wildman–Crippen LogP) is 2.19. The molecular formula is C14H11NO4. The maximum Gasteiger partial charge on any atom is 0.344 e. The Balaban J connectivity index is 2.25. The van der Waals surface area contributed by atoms with Gasteiger partial charge in [-0.3, -0.25) is 0 Å².